The Bertz CT molecular complexity index is 750. The number of nitrogens with two attached hydrogens (primary N) is 1. The number of halogens is 2. The van der Waals surface area contributed by atoms with E-state index in [1.807, 2.05) is 12.1 Å². The fourth-order valence-corrected chi connectivity index (χ4v) is 3.56. The lowest BCUT2D eigenvalue weighted by Crippen LogP contribution is -2.25. The standard InChI is InChI=1S/C20H25BrN4.HI/c1-2-15-5-3-7-18(11-15)24-20(22)23-13-16-9-10-25(14-16)19-8-4-6-17(21)12-19;/h3-8,11-12,16H,2,9-10,13-14H2,1H3,(H3,22,23,24);1H. The third kappa shape index (κ3) is 5.87. The molecular weight excluding hydrogens is 503 g/mol. The second kappa shape index (κ2) is 10.2. The van der Waals surface area contributed by atoms with Crippen molar-refractivity contribution in [1.82, 2.24) is 0 Å². The molecule has 0 amide bonds. The predicted molar refractivity (Wildman–Crippen MR) is 126 cm³/mol. The van der Waals surface area contributed by atoms with Crippen molar-refractivity contribution in [2.45, 2.75) is 19.8 Å². The minimum atomic E-state index is 0. The first kappa shape index (κ1) is 21.0. The molecule has 1 atom stereocenters. The summed E-state index contributed by atoms with van der Waals surface area (Å²) in [5.74, 6) is 1.04. The van der Waals surface area contributed by atoms with Gasteiger partial charge in [-0.05, 0) is 54.7 Å². The zero-order valence-electron chi connectivity index (χ0n) is 15.0. The van der Waals surface area contributed by atoms with E-state index in [1.165, 1.54) is 11.3 Å². The van der Waals surface area contributed by atoms with Crippen LogP contribution in [0.15, 0.2) is 58.0 Å². The molecule has 2 aromatic carbocycles. The maximum absolute atomic E-state index is 6.06. The van der Waals surface area contributed by atoms with Crippen LogP contribution >= 0.6 is 39.9 Å². The van der Waals surface area contributed by atoms with Crippen molar-refractivity contribution in [3.63, 3.8) is 0 Å². The molecule has 3 rings (SSSR count). The summed E-state index contributed by atoms with van der Waals surface area (Å²) in [6, 6.07) is 16.8. The third-order valence-electron chi connectivity index (χ3n) is 4.59. The largest absolute Gasteiger partial charge is 0.371 e. The molecule has 0 bridgehead atoms. The number of aliphatic imine (C=N–C) groups is 1. The van der Waals surface area contributed by atoms with Gasteiger partial charge in [0.25, 0.3) is 0 Å². The summed E-state index contributed by atoms with van der Waals surface area (Å²) < 4.78 is 1.12. The summed E-state index contributed by atoms with van der Waals surface area (Å²) in [6.07, 6.45) is 2.16. The minimum Gasteiger partial charge on any atom is -0.371 e. The zero-order valence-corrected chi connectivity index (χ0v) is 18.9. The molecule has 1 aliphatic heterocycles. The van der Waals surface area contributed by atoms with Crippen LogP contribution in [0, 0.1) is 5.92 Å². The summed E-state index contributed by atoms with van der Waals surface area (Å²) in [5.41, 5.74) is 9.62. The molecule has 1 unspecified atom stereocenters. The fraction of sp³-hybridized carbons (Fsp3) is 0.350. The van der Waals surface area contributed by atoms with Crippen molar-refractivity contribution >= 4 is 57.2 Å². The number of nitrogens with one attached hydrogen (secondary N) is 1. The molecule has 1 saturated heterocycles. The van der Waals surface area contributed by atoms with Gasteiger partial charge in [-0.15, -0.1) is 24.0 Å². The van der Waals surface area contributed by atoms with Crippen molar-refractivity contribution in [3.05, 3.63) is 58.6 Å². The van der Waals surface area contributed by atoms with Gasteiger partial charge in [0.15, 0.2) is 5.96 Å². The molecule has 1 aliphatic rings. The number of hydrogen-bond donors (Lipinski definition) is 2. The van der Waals surface area contributed by atoms with Gasteiger partial charge >= 0.3 is 0 Å². The SMILES string of the molecule is CCc1cccc(NC(N)=NCC2CCN(c3cccc(Br)c3)C2)c1.I. The molecule has 6 heteroatoms. The van der Waals surface area contributed by atoms with E-state index >= 15 is 0 Å². The molecule has 0 aromatic heterocycles. The highest BCUT2D eigenvalue weighted by Gasteiger charge is 2.22. The number of benzene rings is 2. The molecule has 0 aliphatic carbocycles. The zero-order chi connectivity index (χ0) is 17.6. The number of anilines is 2. The van der Waals surface area contributed by atoms with Gasteiger partial charge in [-0.25, -0.2) is 0 Å². The topological polar surface area (TPSA) is 53.6 Å². The Kier molecular flexibility index (Phi) is 8.21. The van der Waals surface area contributed by atoms with E-state index in [0.29, 0.717) is 11.9 Å². The molecule has 3 N–H and O–H groups in total. The van der Waals surface area contributed by atoms with Crippen molar-refractivity contribution in [3.8, 4) is 0 Å². The van der Waals surface area contributed by atoms with Gasteiger partial charge in [-0.3, -0.25) is 4.99 Å². The van der Waals surface area contributed by atoms with E-state index in [1.54, 1.807) is 0 Å². The number of nitrogens with zero attached hydrogens (tertiary/aromatic N) is 2. The highest BCUT2D eigenvalue weighted by atomic mass is 127. The van der Waals surface area contributed by atoms with Crippen LogP contribution in [0.1, 0.15) is 18.9 Å². The van der Waals surface area contributed by atoms with Crippen molar-refractivity contribution < 1.29 is 0 Å². The maximum Gasteiger partial charge on any atom is 0.193 e. The van der Waals surface area contributed by atoms with E-state index in [4.69, 9.17) is 5.73 Å². The molecule has 26 heavy (non-hydrogen) atoms. The quantitative estimate of drug-likeness (QED) is 0.330. The van der Waals surface area contributed by atoms with E-state index in [-0.39, 0.29) is 24.0 Å². The minimum absolute atomic E-state index is 0. The Morgan fingerprint density at radius 3 is 2.85 bits per heavy atom. The average Bonchev–Trinajstić information content (AvgIpc) is 3.09. The summed E-state index contributed by atoms with van der Waals surface area (Å²) in [5, 5.41) is 3.20. The molecule has 2 aromatic rings. The van der Waals surface area contributed by atoms with Gasteiger partial charge in [0.1, 0.15) is 0 Å². The van der Waals surface area contributed by atoms with Crippen LogP contribution in [0.25, 0.3) is 0 Å². The summed E-state index contributed by atoms with van der Waals surface area (Å²) in [6.45, 7) is 5.01. The van der Waals surface area contributed by atoms with E-state index in [2.05, 4.69) is 74.5 Å². The van der Waals surface area contributed by atoms with E-state index in [0.717, 1.165) is 42.6 Å². The van der Waals surface area contributed by atoms with Crippen LogP contribution in [-0.2, 0) is 6.42 Å². The summed E-state index contributed by atoms with van der Waals surface area (Å²) >= 11 is 3.54. The fourth-order valence-electron chi connectivity index (χ4n) is 3.17. The first-order valence-corrected chi connectivity index (χ1v) is 9.59. The number of rotatable bonds is 5. The Morgan fingerprint density at radius 1 is 1.27 bits per heavy atom. The number of aryl methyl sites for hydroxylation is 1. The van der Waals surface area contributed by atoms with Crippen molar-refractivity contribution in [1.29, 1.82) is 0 Å². The smallest absolute Gasteiger partial charge is 0.193 e. The van der Waals surface area contributed by atoms with Crippen LogP contribution in [0.4, 0.5) is 11.4 Å². The molecular formula is C20H26BrIN4. The lowest BCUT2D eigenvalue weighted by Gasteiger charge is -2.18. The van der Waals surface area contributed by atoms with Gasteiger partial charge < -0.3 is 16.0 Å². The molecule has 4 nitrogen and oxygen atoms in total. The van der Waals surface area contributed by atoms with Crippen LogP contribution in [0.3, 0.4) is 0 Å². The average molecular weight is 529 g/mol. The molecule has 1 heterocycles. The molecule has 0 saturated carbocycles. The first-order chi connectivity index (χ1) is 12.1. The Morgan fingerprint density at radius 2 is 2.08 bits per heavy atom. The van der Waals surface area contributed by atoms with Crippen LogP contribution in [0.5, 0.6) is 0 Å². The lowest BCUT2D eigenvalue weighted by atomic mass is 10.1. The van der Waals surface area contributed by atoms with Crippen molar-refractivity contribution in [2.75, 3.05) is 29.9 Å². The van der Waals surface area contributed by atoms with Crippen molar-refractivity contribution in [2.24, 2.45) is 16.6 Å². The Labute approximate surface area is 181 Å². The molecule has 1 fully saturated rings. The third-order valence-corrected chi connectivity index (χ3v) is 5.08. The molecule has 0 radical (unpaired) electrons. The first-order valence-electron chi connectivity index (χ1n) is 8.80. The van der Waals surface area contributed by atoms with E-state index in [9.17, 15) is 0 Å². The number of guanidine groups is 1. The normalized spacial score (nSPS) is 17.1. The molecule has 140 valence electrons. The lowest BCUT2D eigenvalue weighted by molar-refractivity contribution is 0.603. The number of hydrogen-bond acceptors (Lipinski definition) is 2. The summed E-state index contributed by atoms with van der Waals surface area (Å²) in [4.78, 5) is 6.97. The van der Waals surface area contributed by atoms with Gasteiger partial charge in [-0.1, -0.05) is 41.1 Å². The van der Waals surface area contributed by atoms with Crippen LogP contribution < -0.4 is 16.0 Å². The van der Waals surface area contributed by atoms with Crippen LogP contribution in [0.2, 0.25) is 0 Å². The van der Waals surface area contributed by atoms with Gasteiger partial charge in [0.05, 0.1) is 0 Å². The van der Waals surface area contributed by atoms with Gasteiger partial charge in [0.2, 0.25) is 0 Å². The maximum atomic E-state index is 6.06. The second-order valence-corrected chi connectivity index (χ2v) is 7.40. The highest BCUT2D eigenvalue weighted by Crippen LogP contribution is 2.26. The summed E-state index contributed by atoms with van der Waals surface area (Å²) in [7, 11) is 0. The van der Waals surface area contributed by atoms with Crippen LogP contribution in [-0.4, -0.2) is 25.6 Å². The highest BCUT2D eigenvalue weighted by molar-refractivity contribution is 14.0. The predicted octanol–water partition coefficient (Wildman–Crippen LogP) is 4.88. The van der Waals surface area contributed by atoms with E-state index < -0.39 is 0 Å². The Balaban J connectivity index is 0.00000243. The monoisotopic (exact) mass is 528 g/mol. The Hall–Kier alpha value is -1.28. The second-order valence-electron chi connectivity index (χ2n) is 6.49. The van der Waals surface area contributed by atoms with Gasteiger partial charge in [-0.2, -0.15) is 0 Å². The molecule has 0 spiro atoms. The van der Waals surface area contributed by atoms with Gasteiger partial charge in [0, 0.05) is 35.5 Å².